The Morgan fingerprint density at radius 3 is 2.00 bits per heavy atom. The van der Waals surface area contributed by atoms with Crippen LogP contribution < -0.4 is 9.47 Å². The second-order valence-corrected chi connectivity index (χ2v) is 6.89. The van der Waals surface area contributed by atoms with E-state index in [-0.39, 0.29) is 11.8 Å². The lowest BCUT2D eigenvalue weighted by Crippen LogP contribution is -2.50. The zero-order valence-corrected chi connectivity index (χ0v) is 17.1. The van der Waals surface area contributed by atoms with Crippen molar-refractivity contribution in [3.8, 4) is 11.5 Å². The number of carbonyl (C=O) groups excluding carboxylic acids is 2. The smallest absolute Gasteiger partial charge is 0.254 e. The van der Waals surface area contributed by atoms with E-state index < -0.39 is 0 Å². The van der Waals surface area contributed by atoms with Gasteiger partial charge in [-0.15, -0.1) is 0 Å². The van der Waals surface area contributed by atoms with E-state index >= 15 is 0 Å². The van der Waals surface area contributed by atoms with Gasteiger partial charge in [-0.05, 0) is 43.7 Å². The molecular formula is C23H28N2O4. The predicted molar refractivity (Wildman–Crippen MR) is 112 cm³/mol. The Hall–Kier alpha value is -3.02. The minimum atomic E-state index is -0.0557. The molecule has 0 N–H and O–H groups in total. The van der Waals surface area contributed by atoms with Crippen LogP contribution in [0.2, 0.25) is 0 Å². The molecular weight excluding hydrogens is 368 g/mol. The summed E-state index contributed by atoms with van der Waals surface area (Å²) in [5.41, 5.74) is 1.25. The predicted octanol–water partition coefficient (Wildman–Crippen LogP) is 3.47. The van der Waals surface area contributed by atoms with Gasteiger partial charge in [0.1, 0.15) is 0 Å². The third-order valence-electron chi connectivity index (χ3n) is 4.83. The van der Waals surface area contributed by atoms with Crippen molar-refractivity contribution in [3.63, 3.8) is 0 Å². The van der Waals surface area contributed by atoms with Crippen LogP contribution in [-0.4, -0.2) is 61.0 Å². The second kappa shape index (κ2) is 9.96. The number of rotatable bonds is 7. The fourth-order valence-corrected chi connectivity index (χ4v) is 3.30. The summed E-state index contributed by atoms with van der Waals surface area (Å²) in [6.07, 6.45) is 0.901. The standard InChI is InChI=1S/C23H28N2O4/c1-3-16-29-20-11-10-19(17-21(20)28-4-2)23(27)25-14-12-24(13-15-25)22(26)18-8-6-5-7-9-18/h5-11,17H,3-4,12-16H2,1-2H3. The van der Waals surface area contributed by atoms with Crippen LogP contribution in [0.5, 0.6) is 11.5 Å². The highest BCUT2D eigenvalue weighted by molar-refractivity contribution is 5.96. The zero-order chi connectivity index (χ0) is 20.6. The lowest BCUT2D eigenvalue weighted by molar-refractivity contribution is 0.0535. The molecule has 2 aromatic carbocycles. The third kappa shape index (κ3) is 5.08. The van der Waals surface area contributed by atoms with Crippen LogP contribution >= 0.6 is 0 Å². The van der Waals surface area contributed by atoms with Gasteiger partial charge in [-0.2, -0.15) is 0 Å². The van der Waals surface area contributed by atoms with Gasteiger partial charge in [0.2, 0.25) is 0 Å². The molecule has 1 aliphatic rings. The lowest BCUT2D eigenvalue weighted by Gasteiger charge is -2.35. The van der Waals surface area contributed by atoms with Crippen molar-refractivity contribution in [3.05, 3.63) is 59.7 Å². The van der Waals surface area contributed by atoms with E-state index in [1.54, 1.807) is 28.0 Å². The molecule has 0 saturated carbocycles. The van der Waals surface area contributed by atoms with Gasteiger partial charge in [0.15, 0.2) is 11.5 Å². The molecule has 1 heterocycles. The maximum Gasteiger partial charge on any atom is 0.254 e. The van der Waals surface area contributed by atoms with Gasteiger partial charge in [0, 0.05) is 37.3 Å². The van der Waals surface area contributed by atoms with E-state index in [0.717, 1.165) is 6.42 Å². The van der Waals surface area contributed by atoms with Crippen LogP contribution in [0.25, 0.3) is 0 Å². The van der Waals surface area contributed by atoms with Crippen molar-refractivity contribution >= 4 is 11.8 Å². The Bertz CT molecular complexity index is 830. The fraction of sp³-hybridized carbons (Fsp3) is 0.391. The first-order chi connectivity index (χ1) is 14.1. The average Bonchev–Trinajstić information content (AvgIpc) is 2.78. The van der Waals surface area contributed by atoms with Gasteiger partial charge >= 0.3 is 0 Å². The maximum atomic E-state index is 13.0. The first kappa shape index (κ1) is 20.7. The number of nitrogens with zero attached hydrogens (tertiary/aromatic N) is 2. The Balaban J connectivity index is 1.64. The van der Waals surface area contributed by atoms with Gasteiger partial charge in [-0.1, -0.05) is 25.1 Å². The molecule has 154 valence electrons. The van der Waals surface area contributed by atoms with Crippen molar-refractivity contribution in [1.82, 2.24) is 9.80 Å². The molecule has 1 fully saturated rings. The molecule has 0 aliphatic carbocycles. The summed E-state index contributed by atoms with van der Waals surface area (Å²) in [6, 6.07) is 14.6. The molecule has 0 spiro atoms. The summed E-state index contributed by atoms with van der Waals surface area (Å²) < 4.78 is 11.4. The third-order valence-corrected chi connectivity index (χ3v) is 4.83. The molecule has 1 aliphatic heterocycles. The van der Waals surface area contributed by atoms with Crippen LogP contribution in [-0.2, 0) is 0 Å². The summed E-state index contributed by atoms with van der Waals surface area (Å²) in [7, 11) is 0. The van der Waals surface area contributed by atoms with Gasteiger partial charge in [0.25, 0.3) is 11.8 Å². The number of benzene rings is 2. The molecule has 0 atom stereocenters. The van der Waals surface area contributed by atoms with Crippen molar-refractivity contribution in [2.24, 2.45) is 0 Å². The van der Waals surface area contributed by atoms with Crippen molar-refractivity contribution in [2.45, 2.75) is 20.3 Å². The lowest BCUT2D eigenvalue weighted by atomic mass is 10.1. The summed E-state index contributed by atoms with van der Waals surface area (Å²) in [4.78, 5) is 29.1. The summed E-state index contributed by atoms with van der Waals surface area (Å²) in [6.45, 7) is 7.11. The van der Waals surface area contributed by atoms with Gasteiger partial charge in [-0.3, -0.25) is 9.59 Å². The molecule has 2 amide bonds. The van der Waals surface area contributed by atoms with Crippen molar-refractivity contribution in [1.29, 1.82) is 0 Å². The van der Waals surface area contributed by atoms with Crippen LogP contribution in [0.1, 0.15) is 41.0 Å². The molecule has 6 nitrogen and oxygen atoms in total. The Morgan fingerprint density at radius 2 is 1.41 bits per heavy atom. The first-order valence-corrected chi connectivity index (χ1v) is 10.2. The molecule has 0 unspecified atom stereocenters. The molecule has 2 aromatic rings. The molecule has 0 aromatic heterocycles. The van der Waals surface area contributed by atoms with Gasteiger partial charge < -0.3 is 19.3 Å². The minimum Gasteiger partial charge on any atom is -0.490 e. The molecule has 3 rings (SSSR count). The van der Waals surface area contributed by atoms with E-state index in [1.807, 2.05) is 44.2 Å². The number of piperazine rings is 1. The van der Waals surface area contributed by atoms with Gasteiger partial charge in [0.05, 0.1) is 13.2 Å². The van der Waals surface area contributed by atoms with E-state index in [0.29, 0.717) is 62.0 Å². The Kier molecular flexibility index (Phi) is 7.11. The second-order valence-electron chi connectivity index (χ2n) is 6.89. The summed E-state index contributed by atoms with van der Waals surface area (Å²) in [5.74, 6) is 1.20. The zero-order valence-electron chi connectivity index (χ0n) is 17.1. The highest BCUT2D eigenvalue weighted by Crippen LogP contribution is 2.29. The van der Waals surface area contributed by atoms with Crippen LogP contribution in [0.15, 0.2) is 48.5 Å². The summed E-state index contributed by atoms with van der Waals surface area (Å²) >= 11 is 0. The number of carbonyl (C=O) groups is 2. The highest BCUT2D eigenvalue weighted by Gasteiger charge is 2.26. The number of amides is 2. The average molecular weight is 396 g/mol. The minimum absolute atomic E-state index is 0.00811. The van der Waals surface area contributed by atoms with Crippen LogP contribution in [0.3, 0.4) is 0 Å². The van der Waals surface area contributed by atoms with Crippen molar-refractivity contribution < 1.29 is 19.1 Å². The first-order valence-electron chi connectivity index (χ1n) is 10.2. The SMILES string of the molecule is CCCOc1ccc(C(=O)N2CCN(C(=O)c3ccccc3)CC2)cc1OCC. The van der Waals surface area contributed by atoms with Crippen LogP contribution in [0, 0.1) is 0 Å². The Morgan fingerprint density at radius 1 is 0.793 bits per heavy atom. The maximum absolute atomic E-state index is 13.0. The fourth-order valence-electron chi connectivity index (χ4n) is 3.30. The molecule has 0 radical (unpaired) electrons. The number of hydrogen-bond acceptors (Lipinski definition) is 4. The molecule has 29 heavy (non-hydrogen) atoms. The Labute approximate surface area is 172 Å². The molecule has 1 saturated heterocycles. The topological polar surface area (TPSA) is 59.1 Å². The number of hydrogen-bond donors (Lipinski definition) is 0. The van der Waals surface area contributed by atoms with Crippen LogP contribution in [0.4, 0.5) is 0 Å². The highest BCUT2D eigenvalue weighted by atomic mass is 16.5. The molecule has 0 bridgehead atoms. The monoisotopic (exact) mass is 396 g/mol. The normalized spacial score (nSPS) is 13.9. The van der Waals surface area contributed by atoms with E-state index in [4.69, 9.17) is 9.47 Å². The van der Waals surface area contributed by atoms with E-state index in [2.05, 4.69) is 0 Å². The summed E-state index contributed by atoms with van der Waals surface area (Å²) in [5, 5.41) is 0. The van der Waals surface area contributed by atoms with E-state index in [9.17, 15) is 9.59 Å². The quantitative estimate of drug-likeness (QED) is 0.719. The van der Waals surface area contributed by atoms with Gasteiger partial charge in [-0.25, -0.2) is 0 Å². The largest absolute Gasteiger partial charge is 0.490 e. The van der Waals surface area contributed by atoms with E-state index in [1.165, 1.54) is 0 Å². The molecule has 6 heteroatoms. The van der Waals surface area contributed by atoms with Crippen molar-refractivity contribution in [2.75, 3.05) is 39.4 Å². The number of ether oxygens (including phenoxy) is 2.